The number of amides is 1. The molecule has 0 aliphatic carbocycles. The van der Waals surface area contributed by atoms with Crippen LogP contribution in [0.5, 0.6) is 0 Å². The monoisotopic (exact) mass is 346 g/mol. The average Bonchev–Trinajstić information content (AvgIpc) is 2.68. The number of nitrogens with one attached hydrogen (secondary N) is 1. The van der Waals surface area contributed by atoms with Gasteiger partial charge in [-0.3, -0.25) is 4.79 Å². The van der Waals surface area contributed by atoms with Gasteiger partial charge in [0.15, 0.2) is 0 Å². The molecule has 1 amide bonds. The van der Waals surface area contributed by atoms with Gasteiger partial charge in [-0.1, -0.05) is 24.3 Å². The fraction of sp³-hybridized carbons (Fsp3) is 0.286. The first-order valence-electron chi connectivity index (χ1n) is 9.09. The van der Waals surface area contributed by atoms with Crippen LogP contribution < -0.4 is 10.2 Å². The molecule has 0 unspecified atom stereocenters. The molecule has 5 heteroatoms. The Kier molecular flexibility index (Phi) is 4.52. The topological polar surface area (TPSA) is 58.1 Å². The third-order valence-corrected chi connectivity index (χ3v) is 4.81. The summed E-state index contributed by atoms with van der Waals surface area (Å²) in [7, 11) is 0. The number of carbonyl (C=O) groups is 1. The Morgan fingerprint density at radius 2 is 1.77 bits per heavy atom. The van der Waals surface area contributed by atoms with Crippen molar-refractivity contribution < 1.29 is 4.79 Å². The van der Waals surface area contributed by atoms with E-state index in [0.717, 1.165) is 46.6 Å². The maximum Gasteiger partial charge on any atom is 0.221 e. The Morgan fingerprint density at radius 3 is 2.50 bits per heavy atom. The Labute approximate surface area is 153 Å². The number of fused-ring (bicyclic) bond motifs is 1. The molecule has 1 aliphatic heterocycles. The minimum Gasteiger partial charge on any atom is -0.356 e. The first-order chi connectivity index (χ1) is 12.7. The molecular weight excluding hydrogens is 324 g/mol. The van der Waals surface area contributed by atoms with Crippen LogP contribution in [0.4, 0.5) is 11.5 Å². The first-order valence-corrected chi connectivity index (χ1v) is 9.09. The van der Waals surface area contributed by atoms with E-state index in [4.69, 9.17) is 0 Å². The molecule has 0 spiro atoms. The van der Waals surface area contributed by atoms with Crippen LogP contribution in [0.3, 0.4) is 0 Å². The molecule has 2 heterocycles. The lowest BCUT2D eigenvalue weighted by molar-refractivity contribution is -0.114. The molecule has 1 N–H and O–H groups in total. The number of piperidine rings is 1. The van der Waals surface area contributed by atoms with E-state index < -0.39 is 0 Å². The van der Waals surface area contributed by atoms with Crippen LogP contribution in [-0.4, -0.2) is 29.0 Å². The summed E-state index contributed by atoms with van der Waals surface area (Å²) in [6.45, 7) is 3.60. The van der Waals surface area contributed by atoms with Gasteiger partial charge in [-0.25, -0.2) is 9.97 Å². The van der Waals surface area contributed by atoms with E-state index in [9.17, 15) is 4.79 Å². The van der Waals surface area contributed by atoms with E-state index in [1.54, 1.807) is 6.33 Å². The molecule has 26 heavy (non-hydrogen) atoms. The van der Waals surface area contributed by atoms with Gasteiger partial charge in [-0.2, -0.15) is 0 Å². The van der Waals surface area contributed by atoms with Crippen LogP contribution >= 0.6 is 0 Å². The summed E-state index contributed by atoms with van der Waals surface area (Å²) in [6.07, 6.45) is 5.37. The van der Waals surface area contributed by atoms with Gasteiger partial charge >= 0.3 is 0 Å². The van der Waals surface area contributed by atoms with Crippen molar-refractivity contribution >= 4 is 28.3 Å². The molecule has 1 aromatic heterocycles. The lowest BCUT2D eigenvalue weighted by atomic mass is 9.99. The third-order valence-electron chi connectivity index (χ3n) is 4.81. The number of benzene rings is 2. The zero-order chi connectivity index (χ0) is 17.9. The summed E-state index contributed by atoms with van der Waals surface area (Å²) in [4.78, 5) is 22.7. The van der Waals surface area contributed by atoms with Crippen molar-refractivity contribution in [2.45, 2.75) is 26.2 Å². The second-order valence-corrected chi connectivity index (χ2v) is 6.70. The molecule has 1 saturated heterocycles. The van der Waals surface area contributed by atoms with Crippen molar-refractivity contribution in [3.05, 3.63) is 48.8 Å². The Balaban J connectivity index is 1.80. The van der Waals surface area contributed by atoms with Crippen molar-refractivity contribution in [3.8, 4) is 11.1 Å². The van der Waals surface area contributed by atoms with E-state index in [2.05, 4.69) is 26.3 Å². The number of nitrogens with zero attached hydrogens (tertiary/aromatic N) is 3. The molecule has 0 saturated carbocycles. The maximum absolute atomic E-state index is 11.2. The van der Waals surface area contributed by atoms with E-state index in [-0.39, 0.29) is 5.91 Å². The van der Waals surface area contributed by atoms with Crippen LogP contribution in [-0.2, 0) is 4.79 Å². The highest BCUT2D eigenvalue weighted by Crippen LogP contribution is 2.34. The molecule has 2 aromatic carbocycles. The summed E-state index contributed by atoms with van der Waals surface area (Å²) >= 11 is 0. The van der Waals surface area contributed by atoms with Crippen LogP contribution in [0.2, 0.25) is 0 Å². The van der Waals surface area contributed by atoms with Crippen LogP contribution in [0.15, 0.2) is 48.8 Å². The molecule has 0 atom stereocenters. The largest absolute Gasteiger partial charge is 0.356 e. The second-order valence-electron chi connectivity index (χ2n) is 6.70. The molecule has 4 rings (SSSR count). The lowest BCUT2D eigenvalue weighted by Crippen LogP contribution is -2.30. The minimum absolute atomic E-state index is 0.0660. The van der Waals surface area contributed by atoms with Gasteiger partial charge in [0.1, 0.15) is 12.1 Å². The third kappa shape index (κ3) is 3.25. The molecule has 3 aromatic rings. The van der Waals surface area contributed by atoms with Crippen LogP contribution in [0.25, 0.3) is 22.0 Å². The number of rotatable bonds is 3. The smallest absolute Gasteiger partial charge is 0.221 e. The van der Waals surface area contributed by atoms with E-state index in [1.807, 2.05) is 36.4 Å². The van der Waals surface area contributed by atoms with Gasteiger partial charge in [0.2, 0.25) is 5.91 Å². The van der Waals surface area contributed by atoms with Gasteiger partial charge in [-0.05, 0) is 48.6 Å². The fourth-order valence-corrected chi connectivity index (χ4v) is 3.62. The highest BCUT2D eigenvalue weighted by Gasteiger charge is 2.18. The van der Waals surface area contributed by atoms with Gasteiger partial charge in [-0.15, -0.1) is 0 Å². The molecule has 132 valence electrons. The number of hydrogen-bond acceptors (Lipinski definition) is 4. The first kappa shape index (κ1) is 16.5. The van der Waals surface area contributed by atoms with Gasteiger partial charge < -0.3 is 10.2 Å². The average molecular weight is 346 g/mol. The van der Waals surface area contributed by atoms with E-state index in [1.165, 1.54) is 26.2 Å². The van der Waals surface area contributed by atoms with Crippen molar-refractivity contribution in [1.82, 2.24) is 9.97 Å². The number of aromatic nitrogens is 2. The Hall–Kier alpha value is -2.95. The lowest BCUT2D eigenvalue weighted by Gasteiger charge is -2.29. The summed E-state index contributed by atoms with van der Waals surface area (Å²) < 4.78 is 0. The fourth-order valence-electron chi connectivity index (χ4n) is 3.62. The van der Waals surface area contributed by atoms with Crippen LogP contribution in [0, 0.1) is 0 Å². The second kappa shape index (κ2) is 7.12. The minimum atomic E-state index is -0.0660. The normalized spacial score (nSPS) is 14.4. The standard InChI is InChI=1S/C21H22N4O/c1-15(26)24-17-10-8-16(9-11-17)18-6-5-7-19-20(18)21(23-14-22-19)25-12-3-2-4-13-25/h5-11,14H,2-4,12-13H2,1H3,(H,24,26). The van der Waals surface area contributed by atoms with Gasteiger partial charge in [0, 0.05) is 25.7 Å². The van der Waals surface area contributed by atoms with Gasteiger partial charge in [0.25, 0.3) is 0 Å². The zero-order valence-corrected chi connectivity index (χ0v) is 14.9. The maximum atomic E-state index is 11.2. The molecule has 0 radical (unpaired) electrons. The van der Waals surface area contributed by atoms with Crippen LogP contribution in [0.1, 0.15) is 26.2 Å². The highest BCUT2D eigenvalue weighted by atomic mass is 16.1. The molecular formula is C21H22N4O. The summed E-state index contributed by atoms with van der Waals surface area (Å²) in [5.41, 5.74) is 3.98. The summed E-state index contributed by atoms with van der Waals surface area (Å²) in [5.74, 6) is 0.958. The zero-order valence-electron chi connectivity index (χ0n) is 14.9. The Morgan fingerprint density at radius 1 is 1.00 bits per heavy atom. The summed E-state index contributed by atoms with van der Waals surface area (Å²) in [6, 6.07) is 14.1. The predicted molar refractivity (Wildman–Crippen MR) is 105 cm³/mol. The quantitative estimate of drug-likeness (QED) is 0.770. The van der Waals surface area contributed by atoms with Crippen molar-refractivity contribution in [1.29, 1.82) is 0 Å². The van der Waals surface area contributed by atoms with Crippen molar-refractivity contribution in [2.24, 2.45) is 0 Å². The molecule has 1 fully saturated rings. The number of carbonyl (C=O) groups excluding carboxylic acids is 1. The van der Waals surface area contributed by atoms with Gasteiger partial charge in [0.05, 0.1) is 10.9 Å². The number of hydrogen-bond donors (Lipinski definition) is 1. The number of anilines is 2. The van der Waals surface area contributed by atoms with E-state index in [0.29, 0.717) is 0 Å². The molecule has 1 aliphatic rings. The predicted octanol–water partition coefficient (Wildman–Crippen LogP) is 4.25. The van der Waals surface area contributed by atoms with Crippen molar-refractivity contribution in [3.63, 3.8) is 0 Å². The van der Waals surface area contributed by atoms with E-state index >= 15 is 0 Å². The molecule has 5 nitrogen and oxygen atoms in total. The highest BCUT2D eigenvalue weighted by molar-refractivity contribution is 6.02. The summed E-state index contributed by atoms with van der Waals surface area (Å²) in [5, 5.41) is 3.91. The molecule has 0 bridgehead atoms. The SMILES string of the molecule is CC(=O)Nc1ccc(-c2cccc3ncnc(N4CCCCC4)c23)cc1. The van der Waals surface area contributed by atoms with Crippen molar-refractivity contribution in [2.75, 3.05) is 23.3 Å². The Bertz CT molecular complexity index is 925.